The highest BCUT2D eigenvalue weighted by atomic mass is 35.5. The normalized spacial score (nSPS) is 14.9. The van der Waals surface area contributed by atoms with E-state index in [0.717, 1.165) is 28.5 Å². The second-order valence-corrected chi connectivity index (χ2v) is 9.00. The predicted octanol–water partition coefficient (Wildman–Crippen LogP) is 6.85. The third-order valence-electron chi connectivity index (χ3n) is 4.93. The first-order chi connectivity index (χ1) is 15.5. The van der Waals surface area contributed by atoms with Crippen molar-refractivity contribution in [2.75, 3.05) is 6.54 Å². The maximum atomic E-state index is 12.7. The van der Waals surface area contributed by atoms with Crippen LogP contribution in [-0.4, -0.2) is 22.6 Å². The van der Waals surface area contributed by atoms with Crippen LogP contribution in [0.2, 0.25) is 10.0 Å². The molecule has 0 radical (unpaired) electrons. The number of rotatable bonds is 7. The van der Waals surface area contributed by atoms with Gasteiger partial charge in [0.25, 0.3) is 11.1 Å². The highest BCUT2D eigenvalue weighted by Gasteiger charge is 2.34. The summed E-state index contributed by atoms with van der Waals surface area (Å²) < 4.78 is 5.78. The minimum Gasteiger partial charge on any atom is -0.489 e. The molecule has 0 N–H and O–H groups in total. The van der Waals surface area contributed by atoms with Crippen LogP contribution in [0.5, 0.6) is 5.75 Å². The Labute approximate surface area is 200 Å². The molecular weight excluding hydrogens is 465 g/mol. The number of carbonyl (C=O) groups is 2. The zero-order chi connectivity index (χ0) is 22.5. The number of benzene rings is 3. The average Bonchev–Trinajstić information content (AvgIpc) is 3.05. The van der Waals surface area contributed by atoms with Gasteiger partial charge in [-0.3, -0.25) is 14.5 Å². The third-order valence-corrected chi connectivity index (χ3v) is 6.42. The van der Waals surface area contributed by atoms with Crippen LogP contribution in [-0.2, 0) is 17.8 Å². The topological polar surface area (TPSA) is 46.6 Å². The summed E-state index contributed by atoms with van der Waals surface area (Å²) in [5.74, 6) is 0.415. The van der Waals surface area contributed by atoms with Crippen LogP contribution < -0.4 is 4.74 Å². The molecular formula is C25H19Cl2NO3S. The predicted molar refractivity (Wildman–Crippen MR) is 130 cm³/mol. The quantitative estimate of drug-likeness (QED) is 0.344. The van der Waals surface area contributed by atoms with E-state index < -0.39 is 0 Å². The zero-order valence-electron chi connectivity index (χ0n) is 17.0. The van der Waals surface area contributed by atoms with Gasteiger partial charge in [0, 0.05) is 22.2 Å². The number of hydrogen-bond donors (Lipinski definition) is 0. The summed E-state index contributed by atoms with van der Waals surface area (Å²) in [7, 11) is 0. The van der Waals surface area contributed by atoms with Gasteiger partial charge >= 0.3 is 0 Å². The lowest BCUT2D eigenvalue weighted by molar-refractivity contribution is -0.122. The Morgan fingerprint density at radius 3 is 2.41 bits per heavy atom. The molecule has 0 bridgehead atoms. The van der Waals surface area contributed by atoms with Crippen molar-refractivity contribution in [3.05, 3.63) is 104 Å². The van der Waals surface area contributed by atoms with E-state index in [0.29, 0.717) is 40.3 Å². The van der Waals surface area contributed by atoms with Crippen LogP contribution in [0.4, 0.5) is 4.79 Å². The summed E-state index contributed by atoms with van der Waals surface area (Å²) in [6, 6.07) is 22.4. The molecule has 4 nitrogen and oxygen atoms in total. The Kier molecular flexibility index (Phi) is 7.20. The van der Waals surface area contributed by atoms with Crippen molar-refractivity contribution < 1.29 is 14.3 Å². The number of amides is 2. The number of ether oxygens (including phenoxy) is 1. The number of hydrogen-bond acceptors (Lipinski definition) is 4. The molecule has 3 aromatic carbocycles. The first-order valence-corrected chi connectivity index (χ1v) is 11.5. The lowest BCUT2D eigenvalue weighted by Gasteiger charge is -2.12. The maximum absolute atomic E-state index is 12.7. The van der Waals surface area contributed by atoms with Crippen molar-refractivity contribution in [2.45, 2.75) is 13.0 Å². The largest absolute Gasteiger partial charge is 0.489 e. The van der Waals surface area contributed by atoms with Crippen molar-refractivity contribution >= 4 is 52.2 Å². The molecule has 2 amide bonds. The summed E-state index contributed by atoms with van der Waals surface area (Å²) in [6.07, 6.45) is 2.36. The second-order valence-electron chi connectivity index (χ2n) is 7.16. The van der Waals surface area contributed by atoms with E-state index >= 15 is 0 Å². The maximum Gasteiger partial charge on any atom is 0.293 e. The van der Waals surface area contributed by atoms with Crippen LogP contribution in [0.25, 0.3) is 6.08 Å². The van der Waals surface area contributed by atoms with Crippen molar-refractivity contribution in [3.63, 3.8) is 0 Å². The first kappa shape index (κ1) is 22.5. The molecule has 162 valence electrons. The molecule has 1 fully saturated rings. The van der Waals surface area contributed by atoms with Crippen LogP contribution in [0.15, 0.2) is 77.7 Å². The van der Waals surface area contributed by atoms with Gasteiger partial charge in [0.15, 0.2) is 0 Å². The summed E-state index contributed by atoms with van der Waals surface area (Å²) in [6.45, 7) is 0.682. The first-order valence-electron chi connectivity index (χ1n) is 9.96. The molecule has 0 unspecified atom stereocenters. The van der Waals surface area contributed by atoms with Crippen LogP contribution in [0.1, 0.15) is 16.7 Å². The molecule has 1 aliphatic heterocycles. The van der Waals surface area contributed by atoms with Crippen molar-refractivity contribution in [1.29, 1.82) is 0 Å². The average molecular weight is 484 g/mol. The highest BCUT2D eigenvalue weighted by Crippen LogP contribution is 2.32. The van der Waals surface area contributed by atoms with E-state index in [9.17, 15) is 9.59 Å². The van der Waals surface area contributed by atoms with E-state index in [2.05, 4.69) is 0 Å². The van der Waals surface area contributed by atoms with Crippen LogP contribution in [0.3, 0.4) is 0 Å². The molecule has 0 atom stereocenters. The minimum absolute atomic E-state index is 0.239. The van der Waals surface area contributed by atoms with E-state index in [-0.39, 0.29) is 11.1 Å². The van der Waals surface area contributed by atoms with Gasteiger partial charge in [-0.15, -0.1) is 0 Å². The Hall–Kier alpha value is -2.73. The standard InChI is InChI=1S/C25H19Cl2NO3S/c26-20-9-8-19(22(27)15-20)16-31-21-10-6-18(7-11-21)14-23-24(29)28(25(30)32-23)13-12-17-4-2-1-3-5-17/h1-11,14-15H,12-13,16H2/b23-14-. The van der Waals surface area contributed by atoms with Gasteiger partial charge in [-0.25, -0.2) is 0 Å². The van der Waals surface area contributed by atoms with Crippen LogP contribution >= 0.6 is 35.0 Å². The summed E-state index contributed by atoms with van der Waals surface area (Å²) in [5.41, 5.74) is 2.74. The van der Waals surface area contributed by atoms with Gasteiger partial charge in [0.2, 0.25) is 0 Å². The Morgan fingerprint density at radius 2 is 1.69 bits per heavy atom. The third kappa shape index (κ3) is 5.54. The van der Waals surface area contributed by atoms with Crippen molar-refractivity contribution in [3.8, 4) is 5.75 Å². The number of imide groups is 1. The molecule has 1 heterocycles. The molecule has 0 aliphatic carbocycles. The Balaban J connectivity index is 1.37. The lowest BCUT2D eigenvalue weighted by Crippen LogP contribution is -2.30. The zero-order valence-corrected chi connectivity index (χ0v) is 19.3. The minimum atomic E-state index is -0.256. The molecule has 0 aromatic heterocycles. The lowest BCUT2D eigenvalue weighted by atomic mass is 10.1. The number of halogens is 2. The fourth-order valence-electron chi connectivity index (χ4n) is 3.19. The second kappa shape index (κ2) is 10.3. The number of nitrogens with zero attached hydrogens (tertiary/aromatic N) is 1. The fraction of sp³-hybridized carbons (Fsp3) is 0.120. The van der Waals surface area contributed by atoms with E-state index in [4.69, 9.17) is 27.9 Å². The van der Waals surface area contributed by atoms with E-state index in [1.54, 1.807) is 18.2 Å². The Bertz CT molecular complexity index is 1160. The molecule has 4 rings (SSSR count). The fourth-order valence-corrected chi connectivity index (χ4v) is 4.52. The van der Waals surface area contributed by atoms with Crippen molar-refractivity contribution in [2.24, 2.45) is 0 Å². The van der Waals surface area contributed by atoms with E-state index in [1.165, 1.54) is 4.90 Å². The van der Waals surface area contributed by atoms with Gasteiger partial charge in [-0.05, 0) is 59.7 Å². The van der Waals surface area contributed by atoms with Gasteiger partial charge in [0.1, 0.15) is 12.4 Å². The van der Waals surface area contributed by atoms with Gasteiger partial charge in [0.05, 0.1) is 4.91 Å². The number of carbonyl (C=O) groups excluding carboxylic acids is 2. The molecule has 0 spiro atoms. The summed E-state index contributed by atoms with van der Waals surface area (Å²) in [5, 5.41) is 0.890. The molecule has 1 aliphatic rings. The molecule has 1 saturated heterocycles. The van der Waals surface area contributed by atoms with Gasteiger partial charge in [-0.1, -0.05) is 71.7 Å². The van der Waals surface area contributed by atoms with Crippen LogP contribution in [0, 0.1) is 0 Å². The summed E-state index contributed by atoms with van der Waals surface area (Å²) in [4.78, 5) is 26.7. The highest BCUT2D eigenvalue weighted by molar-refractivity contribution is 8.18. The molecule has 3 aromatic rings. The molecule has 0 saturated carbocycles. The summed E-state index contributed by atoms with van der Waals surface area (Å²) >= 11 is 13.1. The van der Waals surface area contributed by atoms with Gasteiger partial charge in [-0.2, -0.15) is 0 Å². The van der Waals surface area contributed by atoms with E-state index in [1.807, 2.05) is 60.7 Å². The Morgan fingerprint density at radius 1 is 0.938 bits per heavy atom. The monoisotopic (exact) mass is 483 g/mol. The number of thioether (sulfide) groups is 1. The van der Waals surface area contributed by atoms with Crippen molar-refractivity contribution in [1.82, 2.24) is 4.90 Å². The molecule has 7 heteroatoms. The molecule has 32 heavy (non-hydrogen) atoms. The SMILES string of the molecule is O=C1S/C(=C\c2ccc(OCc3ccc(Cl)cc3Cl)cc2)C(=O)N1CCc1ccccc1. The van der Waals surface area contributed by atoms with Gasteiger partial charge < -0.3 is 4.74 Å². The smallest absolute Gasteiger partial charge is 0.293 e.